The molecule has 0 bridgehead atoms. The van der Waals surface area contributed by atoms with Crippen LogP contribution in [-0.2, 0) is 23.9 Å². The first-order chi connectivity index (χ1) is 15.2. The summed E-state index contributed by atoms with van der Waals surface area (Å²) in [6, 6.07) is -0.873. The predicted octanol–water partition coefficient (Wildman–Crippen LogP) is 1.60. The number of carbonyl (C=O) groups is 4. The fourth-order valence-electron chi connectivity index (χ4n) is 3.38. The quantitative estimate of drug-likeness (QED) is 0.207. The third kappa shape index (κ3) is 4.96. The molecular weight excluding hydrogens is 456 g/mol. The van der Waals surface area contributed by atoms with E-state index in [0.717, 1.165) is 17.7 Å². The van der Waals surface area contributed by atoms with E-state index in [4.69, 9.17) is 10.5 Å². The molecule has 10 nitrogen and oxygen atoms in total. The Morgan fingerprint density at radius 2 is 2.19 bits per heavy atom. The molecule has 4 N–H and O–H groups in total. The Morgan fingerprint density at radius 1 is 1.44 bits per heavy atom. The number of esters is 1. The highest BCUT2D eigenvalue weighted by Gasteiger charge is 2.54. The Labute approximate surface area is 192 Å². The minimum absolute atomic E-state index is 0.198. The van der Waals surface area contributed by atoms with Gasteiger partial charge in [-0.15, -0.1) is 23.1 Å². The van der Waals surface area contributed by atoms with Gasteiger partial charge in [-0.25, -0.2) is 9.78 Å². The van der Waals surface area contributed by atoms with Gasteiger partial charge in [0.2, 0.25) is 0 Å². The summed E-state index contributed by atoms with van der Waals surface area (Å²) in [5.41, 5.74) is 6.63. The summed E-state index contributed by atoms with van der Waals surface area (Å²) in [5, 5.41) is 13.8. The molecule has 2 aliphatic heterocycles. The maximum absolute atomic E-state index is 13.0. The standard InChI is InChI=1S/C20H24N4O6S2/c1-3-4-5-6-12(13-9-32-20(21)22-13)16(26)23-14-17(27)24-15(19(28)29)11(7-30-10(2)25)8-31-18(14)24/h6,9,14,18H,3-5,7-8H2,1-2H3,(H2,21,22)(H,23,26)(H,28,29)/t14?,18-/m1/s1. The summed E-state index contributed by atoms with van der Waals surface area (Å²) in [6.45, 7) is 3.06. The number of nitrogen functional groups attached to an aromatic ring is 1. The minimum atomic E-state index is -1.28. The predicted molar refractivity (Wildman–Crippen MR) is 120 cm³/mol. The summed E-state index contributed by atoms with van der Waals surface area (Å²) in [4.78, 5) is 54.0. The number of thioether (sulfide) groups is 1. The van der Waals surface area contributed by atoms with Gasteiger partial charge >= 0.3 is 11.9 Å². The molecule has 1 saturated heterocycles. The first kappa shape index (κ1) is 23.8. The molecule has 2 atom stereocenters. The lowest BCUT2D eigenvalue weighted by Crippen LogP contribution is -2.70. The van der Waals surface area contributed by atoms with Crippen molar-refractivity contribution in [2.75, 3.05) is 18.1 Å². The van der Waals surface area contributed by atoms with E-state index in [1.54, 1.807) is 11.5 Å². The van der Waals surface area contributed by atoms with Crippen LogP contribution in [0.15, 0.2) is 22.7 Å². The average molecular weight is 481 g/mol. The van der Waals surface area contributed by atoms with E-state index in [-0.39, 0.29) is 18.1 Å². The first-order valence-electron chi connectivity index (χ1n) is 10.00. The van der Waals surface area contributed by atoms with Gasteiger partial charge in [-0.2, -0.15) is 0 Å². The molecule has 12 heteroatoms. The molecule has 172 valence electrons. The first-order valence-corrected chi connectivity index (χ1v) is 11.9. The van der Waals surface area contributed by atoms with Gasteiger partial charge in [0.15, 0.2) is 5.13 Å². The van der Waals surface area contributed by atoms with Crippen LogP contribution in [0.25, 0.3) is 5.57 Å². The highest BCUT2D eigenvalue weighted by atomic mass is 32.2. The van der Waals surface area contributed by atoms with Gasteiger partial charge in [0.25, 0.3) is 11.8 Å². The molecule has 0 radical (unpaired) electrons. The average Bonchev–Trinajstić information content (AvgIpc) is 3.18. The van der Waals surface area contributed by atoms with E-state index in [0.29, 0.717) is 28.4 Å². The maximum Gasteiger partial charge on any atom is 0.352 e. The van der Waals surface area contributed by atoms with Gasteiger partial charge in [0, 0.05) is 23.6 Å². The monoisotopic (exact) mass is 480 g/mol. The summed E-state index contributed by atoms with van der Waals surface area (Å²) < 4.78 is 4.92. The number of carboxylic acids is 1. The highest BCUT2D eigenvalue weighted by Crippen LogP contribution is 2.40. The van der Waals surface area contributed by atoms with Gasteiger partial charge in [0.05, 0.1) is 11.3 Å². The number of nitrogens with two attached hydrogens (primary N) is 1. The number of unbranched alkanes of at least 4 members (excludes halogenated alkanes) is 2. The van der Waals surface area contributed by atoms with Gasteiger partial charge in [-0.05, 0) is 6.42 Å². The van der Waals surface area contributed by atoms with Crippen LogP contribution in [0.2, 0.25) is 0 Å². The molecule has 2 amide bonds. The SMILES string of the molecule is CCCCC=C(C(=O)NC1C(=O)N2C(C(=O)O)=C(COC(C)=O)CS[C@H]12)c1csc(N)n1. The van der Waals surface area contributed by atoms with Crippen molar-refractivity contribution in [1.82, 2.24) is 15.2 Å². The third-order valence-electron chi connectivity index (χ3n) is 4.93. The van der Waals surface area contributed by atoms with Crippen molar-refractivity contribution in [1.29, 1.82) is 0 Å². The molecule has 1 aromatic heterocycles. The van der Waals surface area contributed by atoms with Crippen LogP contribution in [0.4, 0.5) is 5.13 Å². The molecule has 2 aliphatic rings. The number of rotatable bonds is 9. The number of carboxylic acid groups (broad SMARTS) is 1. The smallest absolute Gasteiger partial charge is 0.352 e. The second-order valence-electron chi connectivity index (χ2n) is 7.23. The van der Waals surface area contributed by atoms with Crippen molar-refractivity contribution >= 4 is 57.6 Å². The number of anilines is 1. The number of ether oxygens (including phenoxy) is 1. The Bertz CT molecular complexity index is 1000. The lowest BCUT2D eigenvalue weighted by Gasteiger charge is -2.49. The Balaban J connectivity index is 1.77. The molecule has 0 aliphatic carbocycles. The topological polar surface area (TPSA) is 152 Å². The van der Waals surface area contributed by atoms with Crippen molar-refractivity contribution in [2.45, 2.75) is 44.5 Å². The van der Waals surface area contributed by atoms with Crippen LogP contribution in [0.1, 0.15) is 38.8 Å². The molecule has 0 aromatic carbocycles. The number of aromatic nitrogens is 1. The number of fused-ring (bicyclic) bond motifs is 1. The summed E-state index contributed by atoms with van der Waals surface area (Å²) in [7, 11) is 0. The number of allylic oxidation sites excluding steroid dienone is 1. The Hall–Kier alpha value is -2.86. The molecule has 3 heterocycles. The van der Waals surface area contributed by atoms with Gasteiger partial charge in [-0.3, -0.25) is 19.3 Å². The molecule has 0 saturated carbocycles. The van der Waals surface area contributed by atoms with Crippen molar-refractivity contribution in [2.24, 2.45) is 0 Å². The Morgan fingerprint density at radius 3 is 2.78 bits per heavy atom. The number of hydrogen-bond acceptors (Lipinski definition) is 9. The molecule has 32 heavy (non-hydrogen) atoms. The van der Waals surface area contributed by atoms with E-state index in [1.165, 1.54) is 30.0 Å². The fourth-order valence-corrected chi connectivity index (χ4v) is 5.27. The van der Waals surface area contributed by atoms with E-state index in [9.17, 15) is 24.3 Å². The van der Waals surface area contributed by atoms with Crippen LogP contribution < -0.4 is 11.1 Å². The van der Waals surface area contributed by atoms with E-state index >= 15 is 0 Å². The van der Waals surface area contributed by atoms with E-state index < -0.39 is 35.2 Å². The third-order valence-corrected chi connectivity index (χ3v) is 6.95. The number of nitrogens with one attached hydrogen (secondary N) is 1. The van der Waals surface area contributed by atoms with Gasteiger partial charge in [0.1, 0.15) is 23.7 Å². The number of aliphatic carboxylic acids is 1. The lowest BCUT2D eigenvalue weighted by molar-refractivity contribution is -0.150. The van der Waals surface area contributed by atoms with Crippen LogP contribution in [0.5, 0.6) is 0 Å². The fraction of sp³-hybridized carbons (Fsp3) is 0.450. The maximum atomic E-state index is 13.0. The minimum Gasteiger partial charge on any atom is -0.477 e. The van der Waals surface area contributed by atoms with Crippen molar-refractivity contribution in [3.8, 4) is 0 Å². The second kappa shape index (κ2) is 10.2. The van der Waals surface area contributed by atoms with Gasteiger partial charge < -0.3 is 20.9 Å². The number of hydrogen-bond donors (Lipinski definition) is 3. The lowest BCUT2D eigenvalue weighted by atomic mass is 10.0. The molecule has 1 fully saturated rings. The van der Waals surface area contributed by atoms with E-state index in [1.807, 2.05) is 6.92 Å². The zero-order valence-electron chi connectivity index (χ0n) is 17.6. The largest absolute Gasteiger partial charge is 0.477 e. The van der Waals surface area contributed by atoms with Crippen molar-refractivity contribution < 1.29 is 29.0 Å². The molecular formula is C20H24N4O6S2. The zero-order valence-corrected chi connectivity index (χ0v) is 19.3. The number of thiazole rings is 1. The van der Waals surface area contributed by atoms with Gasteiger partial charge in [-0.1, -0.05) is 25.8 Å². The van der Waals surface area contributed by atoms with Crippen LogP contribution in [0, 0.1) is 0 Å². The number of nitrogens with zero attached hydrogens (tertiary/aromatic N) is 2. The van der Waals surface area contributed by atoms with Crippen LogP contribution in [0.3, 0.4) is 0 Å². The summed E-state index contributed by atoms with van der Waals surface area (Å²) in [5.74, 6) is -2.55. The highest BCUT2D eigenvalue weighted by molar-refractivity contribution is 8.00. The summed E-state index contributed by atoms with van der Waals surface area (Å²) >= 11 is 2.52. The van der Waals surface area contributed by atoms with Crippen molar-refractivity contribution in [3.05, 3.63) is 28.4 Å². The number of amides is 2. The molecule has 0 spiro atoms. The molecule has 1 unspecified atom stereocenters. The van der Waals surface area contributed by atoms with Crippen LogP contribution in [-0.4, -0.2) is 62.5 Å². The summed E-state index contributed by atoms with van der Waals surface area (Å²) in [6.07, 6.45) is 4.30. The normalized spacial score (nSPS) is 20.5. The number of β-lactam (4-membered cyclic amide) rings is 1. The molecule has 3 rings (SSSR count). The Kier molecular flexibility index (Phi) is 7.56. The second-order valence-corrected chi connectivity index (χ2v) is 9.22. The van der Waals surface area contributed by atoms with E-state index in [2.05, 4.69) is 10.3 Å². The zero-order chi connectivity index (χ0) is 23.4. The number of carbonyl (C=O) groups excluding carboxylic acids is 3. The molecule has 1 aromatic rings. The van der Waals surface area contributed by atoms with Crippen molar-refractivity contribution in [3.63, 3.8) is 0 Å². The van der Waals surface area contributed by atoms with Crippen LogP contribution >= 0.6 is 23.1 Å².